The number of para-hydroxylation sites is 1. The molecule has 0 fully saturated rings. The molecule has 0 N–H and O–H groups in total. The molecule has 0 aliphatic carbocycles. The van der Waals surface area contributed by atoms with Crippen LogP contribution in [-0.4, -0.2) is 18.6 Å². The van der Waals surface area contributed by atoms with Crippen molar-refractivity contribution in [1.29, 1.82) is 0 Å². The van der Waals surface area contributed by atoms with Crippen LogP contribution in [0.3, 0.4) is 0 Å². The highest BCUT2D eigenvalue weighted by Gasteiger charge is 2.56. The zero-order chi connectivity index (χ0) is 19.3. The third kappa shape index (κ3) is 2.24. The minimum atomic E-state index is -0.813. The molecular weight excluding hydrogens is 348 g/mol. The maximum absolute atomic E-state index is 13.6. The van der Waals surface area contributed by atoms with Crippen LogP contribution in [0.25, 0.3) is 0 Å². The van der Waals surface area contributed by atoms with Gasteiger partial charge in [0, 0.05) is 12.0 Å². The first-order valence-electron chi connectivity index (χ1n) is 9.36. The van der Waals surface area contributed by atoms with Crippen molar-refractivity contribution in [2.45, 2.75) is 18.9 Å². The molecule has 4 nitrogen and oxygen atoms in total. The largest absolute Gasteiger partial charge is 0.497 e. The molecule has 2 aliphatic rings. The molecule has 28 heavy (non-hydrogen) atoms. The summed E-state index contributed by atoms with van der Waals surface area (Å²) in [6.45, 7) is 2.05. The normalized spacial score (nSPS) is 20.0. The van der Waals surface area contributed by atoms with Gasteiger partial charge in [0.2, 0.25) is 0 Å². The van der Waals surface area contributed by atoms with E-state index in [-0.39, 0.29) is 5.78 Å². The molecule has 0 bridgehead atoms. The van der Waals surface area contributed by atoms with E-state index in [0.717, 1.165) is 33.8 Å². The van der Waals surface area contributed by atoms with E-state index in [9.17, 15) is 4.79 Å². The lowest BCUT2D eigenvalue weighted by Crippen LogP contribution is -2.42. The van der Waals surface area contributed by atoms with Gasteiger partial charge in [0.05, 0.1) is 18.5 Å². The Morgan fingerprint density at radius 2 is 1.68 bits per heavy atom. The molecule has 0 saturated carbocycles. The number of carbonyl (C=O) groups excluding carboxylic acids is 1. The van der Waals surface area contributed by atoms with Gasteiger partial charge >= 0.3 is 0 Å². The molecule has 0 amide bonds. The first-order valence-corrected chi connectivity index (χ1v) is 9.36. The van der Waals surface area contributed by atoms with Gasteiger partial charge in [-0.05, 0) is 54.4 Å². The summed E-state index contributed by atoms with van der Waals surface area (Å²) >= 11 is 0. The van der Waals surface area contributed by atoms with Crippen LogP contribution in [-0.2, 0) is 5.54 Å². The average Bonchev–Trinajstić information content (AvgIpc) is 3.24. The van der Waals surface area contributed by atoms with Crippen LogP contribution in [0, 0.1) is 6.92 Å². The second kappa shape index (κ2) is 6.06. The van der Waals surface area contributed by atoms with E-state index in [4.69, 9.17) is 9.84 Å². The number of hydrazone groups is 1. The second-order valence-electron chi connectivity index (χ2n) is 7.34. The van der Waals surface area contributed by atoms with Crippen LogP contribution in [0.5, 0.6) is 5.75 Å². The minimum Gasteiger partial charge on any atom is -0.497 e. The zero-order valence-electron chi connectivity index (χ0n) is 15.8. The molecule has 0 spiro atoms. The molecule has 0 saturated heterocycles. The van der Waals surface area contributed by atoms with E-state index in [1.807, 2.05) is 53.5 Å². The fourth-order valence-corrected chi connectivity index (χ4v) is 4.20. The number of benzene rings is 3. The van der Waals surface area contributed by atoms with E-state index >= 15 is 0 Å². The maximum Gasteiger partial charge on any atom is 0.197 e. The Hall–Kier alpha value is -3.40. The molecule has 3 aromatic carbocycles. The Morgan fingerprint density at radius 3 is 2.39 bits per heavy atom. The zero-order valence-corrected chi connectivity index (χ0v) is 15.8. The molecule has 3 aromatic rings. The van der Waals surface area contributed by atoms with Crippen molar-refractivity contribution in [3.63, 3.8) is 0 Å². The summed E-state index contributed by atoms with van der Waals surface area (Å²) in [5.41, 5.74) is 4.86. The predicted octanol–water partition coefficient (Wildman–Crippen LogP) is 4.71. The average molecular weight is 368 g/mol. The van der Waals surface area contributed by atoms with Crippen LogP contribution >= 0.6 is 0 Å². The van der Waals surface area contributed by atoms with Gasteiger partial charge in [-0.3, -0.25) is 4.79 Å². The summed E-state index contributed by atoms with van der Waals surface area (Å²) in [7, 11) is 1.65. The van der Waals surface area contributed by atoms with Crippen LogP contribution in [0.4, 0.5) is 5.69 Å². The van der Waals surface area contributed by atoms with Gasteiger partial charge < -0.3 is 4.74 Å². The Bertz CT molecular complexity index is 1100. The molecule has 2 heterocycles. The number of ether oxygens (including phenoxy) is 1. The molecule has 2 aliphatic heterocycles. The fraction of sp³-hybridized carbons (Fsp3) is 0.167. The molecule has 1 unspecified atom stereocenters. The maximum atomic E-state index is 13.6. The van der Waals surface area contributed by atoms with Crippen LogP contribution in [0.2, 0.25) is 0 Å². The first-order chi connectivity index (χ1) is 13.6. The molecule has 1 atom stereocenters. The Labute approximate surface area is 164 Å². The standard InChI is InChI=1S/C24H20N2O2/c1-16-7-11-18(12-8-16)24-15-21(17-9-13-19(28-2)14-10-17)25-26(24)22-6-4-3-5-20(22)23(24)27/h3-14H,15H2,1-2H3. The van der Waals surface area contributed by atoms with Crippen molar-refractivity contribution in [3.8, 4) is 5.75 Å². The van der Waals surface area contributed by atoms with E-state index in [2.05, 4.69) is 31.2 Å². The van der Waals surface area contributed by atoms with Gasteiger partial charge in [-0.15, -0.1) is 0 Å². The SMILES string of the molecule is COc1ccc(C2=NN3c4ccccc4C(=O)C3(c3ccc(C)cc3)C2)cc1. The first kappa shape index (κ1) is 16.8. The van der Waals surface area contributed by atoms with Crippen LogP contribution < -0.4 is 9.75 Å². The lowest BCUT2D eigenvalue weighted by molar-refractivity contribution is 0.0908. The Kier molecular flexibility index (Phi) is 3.63. The van der Waals surface area contributed by atoms with E-state index in [1.165, 1.54) is 5.56 Å². The molecular formula is C24H20N2O2. The Morgan fingerprint density at radius 1 is 0.964 bits per heavy atom. The van der Waals surface area contributed by atoms with E-state index in [0.29, 0.717) is 6.42 Å². The summed E-state index contributed by atoms with van der Waals surface area (Å²) < 4.78 is 5.27. The number of methoxy groups -OCH3 is 1. The van der Waals surface area contributed by atoms with Gasteiger partial charge in [0.15, 0.2) is 11.3 Å². The number of fused-ring (bicyclic) bond motifs is 3. The number of nitrogens with zero attached hydrogens (tertiary/aromatic N) is 2. The van der Waals surface area contributed by atoms with Crippen molar-refractivity contribution >= 4 is 17.2 Å². The number of Topliss-reactive ketones (excluding diaryl/α,β-unsaturated/α-hetero) is 1. The minimum absolute atomic E-state index is 0.110. The van der Waals surface area contributed by atoms with Gasteiger partial charge in [-0.2, -0.15) is 5.10 Å². The lowest BCUT2D eigenvalue weighted by atomic mass is 9.80. The van der Waals surface area contributed by atoms with Gasteiger partial charge in [0.25, 0.3) is 0 Å². The van der Waals surface area contributed by atoms with Gasteiger partial charge in [-0.25, -0.2) is 5.01 Å². The number of hydrogen-bond acceptors (Lipinski definition) is 4. The van der Waals surface area contributed by atoms with Crippen molar-refractivity contribution in [3.05, 3.63) is 95.1 Å². The number of hydrogen-bond donors (Lipinski definition) is 0. The second-order valence-corrected chi connectivity index (χ2v) is 7.34. The number of rotatable bonds is 3. The molecule has 4 heteroatoms. The predicted molar refractivity (Wildman–Crippen MR) is 110 cm³/mol. The van der Waals surface area contributed by atoms with E-state index in [1.54, 1.807) is 7.11 Å². The van der Waals surface area contributed by atoms with Gasteiger partial charge in [0.1, 0.15) is 5.75 Å². The monoisotopic (exact) mass is 368 g/mol. The summed E-state index contributed by atoms with van der Waals surface area (Å²) in [5.74, 6) is 0.914. The van der Waals surface area contributed by atoms with Crippen molar-refractivity contribution in [2.75, 3.05) is 12.1 Å². The third-order valence-electron chi connectivity index (χ3n) is 5.71. The highest BCUT2D eigenvalue weighted by Crippen LogP contribution is 2.51. The summed E-state index contributed by atoms with van der Waals surface area (Å²) in [5, 5.41) is 6.85. The summed E-state index contributed by atoms with van der Waals surface area (Å²) in [6, 6.07) is 23.8. The third-order valence-corrected chi connectivity index (χ3v) is 5.71. The topological polar surface area (TPSA) is 41.9 Å². The van der Waals surface area contributed by atoms with Crippen molar-refractivity contribution in [2.24, 2.45) is 5.10 Å². The van der Waals surface area contributed by atoms with Crippen molar-refractivity contribution < 1.29 is 9.53 Å². The van der Waals surface area contributed by atoms with Crippen LogP contribution in [0.1, 0.15) is 33.5 Å². The van der Waals surface area contributed by atoms with Crippen LogP contribution in [0.15, 0.2) is 77.9 Å². The number of aryl methyl sites for hydroxylation is 1. The lowest BCUT2D eigenvalue weighted by Gasteiger charge is -2.30. The molecule has 138 valence electrons. The van der Waals surface area contributed by atoms with Gasteiger partial charge in [-0.1, -0.05) is 42.0 Å². The molecule has 5 rings (SSSR count). The summed E-state index contributed by atoms with van der Waals surface area (Å²) in [4.78, 5) is 13.6. The number of carbonyl (C=O) groups is 1. The highest BCUT2D eigenvalue weighted by atomic mass is 16.5. The van der Waals surface area contributed by atoms with E-state index < -0.39 is 5.54 Å². The quantitative estimate of drug-likeness (QED) is 0.672. The highest BCUT2D eigenvalue weighted by molar-refractivity contribution is 6.20. The fourth-order valence-electron chi connectivity index (χ4n) is 4.20. The summed E-state index contributed by atoms with van der Waals surface area (Å²) in [6.07, 6.45) is 0.538. The number of anilines is 1. The molecule has 0 aromatic heterocycles. The van der Waals surface area contributed by atoms with Crippen molar-refractivity contribution in [1.82, 2.24) is 0 Å². The smallest absolute Gasteiger partial charge is 0.197 e. The number of ketones is 1. The Balaban J connectivity index is 1.67. The molecule has 0 radical (unpaired) electrons.